The molecule has 0 bridgehead atoms. The van der Waals surface area contributed by atoms with Crippen molar-refractivity contribution in [2.45, 2.75) is 51.0 Å². The van der Waals surface area contributed by atoms with Crippen molar-refractivity contribution in [2.75, 3.05) is 0 Å². The van der Waals surface area contributed by atoms with Gasteiger partial charge in [-0.3, -0.25) is 0 Å². The maximum atomic E-state index is 12.3. The van der Waals surface area contributed by atoms with Gasteiger partial charge in [0.05, 0.1) is 10.5 Å². The van der Waals surface area contributed by atoms with E-state index in [1.807, 2.05) is 13.0 Å². The lowest BCUT2D eigenvalue weighted by Crippen LogP contribution is -2.33. The molecule has 4 nitrogen and oxygen atoms in total. The monoisotopic (exact) mass is 294 g/mol. The molecule has 0 aliphatic heterocycles. The minimum atomic E-state index is -3.63. The molecule has 0 saturated heterocycles. The first-order valence-corrected chi connectivity index (χ1v) is 8.36. The summed E-state index contributed by atoms with van der Waals surface area (Å²) in [4.78, 5) is 0.0539. The molecular formula is C15H22N2O2S. The first-order valence-electron chi connectivity index (χ1n) is 6.88. The third-order valence-corrected chi connectivity index (χ3v) is 4.72. The van der Waals surface area contributed by atoms with E-state index in [9.17, 15) is 8.42 Å². The van der Waals surface area contributed by atoms with E-state index in [2.05, 4.69) is 18.6 Å². The molecule has 0 aromatic heterocycles. The van der Waals surface area contributed by atoms with Crippen LogP contribution in [0.1, 0.15) is 45.6 Å². The van der Waals surface area contributed by atoms with Gasteiger partial charge in [-0.2, -0.15) is 5.26 Å². The second kappa shape index (κ2) is 7.41. The third kappa shape index (κ3) is 4.95. The Bertz CT molecular complexity index is 574. The second-order valence-electron chi connectivity index (χ2n) is 5.46. The molecule has 0 aliphatic rings. The predicted molar refractivity (Wildman–Crippen MR) is 79.6 cm³/mol. The van der Waals surface area contributed by atoms with Gasteiger partial charge in [0.2, 0.25) is 10.0 Å². The normalized spacial score (nSPS) is 13.2. The van der Waals surface area contributed by atoms with Crippen LogP contribution in [0.25, 0.3) is 0 Å². The fourth-order valence-corrected chi connectivity index (χ4v) is 3.45. The first kappa shape index (κ1) is 16.7. The maximum absolute atomic E-state index is 12.3. The Kier molecular flexibility index (Phi) is 6.18. The van der Waals surface area contributed by atoms with Gasteiger partial charge in [0.1, 0.15) is 6.07 Å². The number of nitrogens with zero attached hydrogens (tertiary/aromatic N) is 1. The van der Waals surface area contributed by atoms with Gasteiger partial charge in [-0.25, -0.2) is 13.1 Å². The molecule has 1 aromatic rings. The molecule has 1 rings (SSSR count). The molecule has 0 spiro atoms. The fraction of sp³-hybridized carbons (Fsp3) is 0.533. The average molecular weight is 294 g/mol. The van der Waals surface area contributed by atoms with E-state index >= 15 is 0 Å². The Morgan fingerprint density at radius 2 is 1.85 bits per heavy atom. The van der Waals surface area contributed by atoms with E-state index in [4.69, 9.17) is 5.26 Å². The van der Waals surface area contributed by atoms with Crippen molar-refractivity contribution in [3.63, 3.8) is 0 Å². The Morgan fingerprint density at radius 3 is 2.45 bits per heavy atom. The van der Waals surface area contributed by atoms with Gasteiger partial charge in [-0.05, 0) is 31.4 Å². The summed E-state index contributed by atoms with van der Waals surface area (Å²) >= 11 is 0. The zero-order valence-electron chi connectivity index (χ0n) is 12.3. The van der Waals surface area contributed by atoms with Crippen LogP contribution < -0.4 is 4.72 Å². The van der Waals surface area contributed by atoms with Crippen molar-refractivity contribution in [1.82, 2.24) is 4.72 Å². The number of nitrogens with one attached hydrogen (secondary N) is 1. The van der Waals surface area contributed by atoms with Gasteiger partial charge in [-0.15, -0.1) is 0 Å². The van der Waals surface area contributed by atoms with Crippen molar-refractivity contribution in [2.24, 2.45) is 5.92 Å². The van der Waals surface area contributed by atoms with E-state index in [-0.39, 0.29) is 16.5 Å². The second-order valence-corrected chi connectivity index (χ2v) is 7.14. The highest BCUT2D eigenvalue weighted by molar-refractivity contribution is 7.89. The Balaban J connectivity index is 2.73. The van der Waals surface area contributed by atoms with Crippen molar-refractivity contribution in [3.05, 3.63) is 29.8 Å². The first-order chi connectivity index (χ1) is 9.36. The summed E-state index contributed by atoms with van der Waals surface area (Å²) in [6.07, 6.45) is 2.87. The van der Waals surface area contributed by atoms with Crippen LogP contribution in [0.2, 0.25) is 0 Å². The molecule has 110 valence electrons. The standard InChI is InChI=1S/C15H22N2O2S/c1-12(2)7-6-8-13(3)17-20(18,19)15-10-5-4-9-14(15)11-16/h4-5,9-10,12-13,17H,6-8H2,1-3H3. The third-order valence-electron chi connectivity index (χ3n) is 3.07. The highest BCUT2D eigenvalue weighted by Gasteiger charge is 2.20. The van der Waals surface area contributed by atoms with Crippen molar-refractivity contribution in [1.29, 1.82) is 5.26 Å². The molecule has 1 N–H and O–H groups in total. The maximum Gasteiger partial charge on any atom is 0.242 e. The van der Waals surface area contributed by atoms with Gasteiger partial charge in [0.15, 0.2) is 0 Å². The molecule has 20 heavy (non-hydrogen) atoms. The summed E-state index contributed by atoms with van der Waals surface area (Å²) in [7, 11) is -3.63. The predicted octanol–water partition coefficient (Wildman–Crippen LogP) is 3.05. The highest BCUT2D eigenvalue weighted by atomic mass is 32.2. The van der Waals surface area contributed by atoms with Crippen LogP contribution in [0.3, 0.4) is 0 Å². The quantitative estimate of drug-likeness (QED) is 0.840. The molecule has 0 amide bonds. The zero-order valence-corrected chi connectivity index (χ0v) is 13.1. The highest BCUT2D eigenvalue weighted by Crippen LogP contribution is 2.16. The van der Waals surface area contributed by atoms with E-state index in [1.54, 1.807) is 12.1 Å². The molecule has 0 fully saturated rings. The Labute approximate surface area is 121 Å². The van der Waals surface area contributed by atoms with Crippen molar-refractivity contribution < 1.29 is 8.42 Å². The van der Waals surface area contributed by atoms with Gasteiger partial charge in [-0.1, -0.05) is 38.8 Å². The van der Waals surface area contributed by atoms with Crippen LogP contribution in [-0.2, 0) is 10.0 Å². The lowest BCUT2D eigenvalue weighted by atomic mass is 10.0. The molecule has 1 aromatic carbocycles. The summed E-state index contributed by atoms with van der Waals surface area (Å²) in [6, 6.07) is 8.03. The van der Waals surface area contributed by atoms with Crippen LogP contribution in [-0.4, -0.2) is 14.5 Å². The van der Waals surface area contributed by atoms with E-state index in [1.165, 1.54) is 12.1 Å². The van der Waals surface area contributed by atoms with Crippen LogP contribution >= 0.6 is 0 Å². The number of benzene rings is 1. The van der Waals surface area contributed by atoms with Crippen LogP contribution in [0.5, 0.6) is 0 Å². The fourth-order valence-electron chi connectivity index (χ4n) is 2.01. The smallest absolute Gasteiger partial charge is 0.208 e. The van der Waals surface area contributed by atoms with Crippen molar-refractivity contribution in [3.8, 4) is 6.07 Å². The van der Waals surface area contributed by atoms with Crippen LogP contribution in [0.15, 0.2) is 29.2 Å². The van der Waals surface area contributed by atoms with Gasteiger partial charge < -0.3 is 0 Å². The number of nitriles is 1. The summed E-state index contributed by atoms with van der Waals surface area (Å²) < 4.78 is 27.2. The molecule has 1 unspecified atom stereocenters. The molecule has 1 atom stereocenters. The molecule has 0 radical (unpaired) electrons. The summed E-state index contributed by atoms with van der Waals surface area (Å²) in [5.41, 5.74) is 0.175. The Hall–Kier alpha value is -1.38. The summed E-state index contributed by atoms with van der Waals surface area (Å²) in [5.74, 6) is 0.623. The average Bonchev–Trinajstić information content (AvgIpc) is 2.37. The minimum absolute atomic E-state index is 0.0539. The Morgan fingerprint density at radius 1 is 1.20 bits per heavy atom. The van der Waals surface area contributed by atoms with Crippen molar-refractivity contribution >= 4 is 10.0 Å². The topological polar surface area (TPSA) is 70.0 Å². The molecule has 0 heterocycles. The minimum Gasteiger partial charge on any atom is -0.208 e. The number of hydrogen-bond acceptors (Lipinski definition) is 3. The van der Waals surface area contributed by atoms with Crippen LogP contribution in [0.4, 0.5) is 0 Å². The number of sulfonamides is 1. The lowest BCUT2D eigenvalue weighted by molar-refractivity contribution is 0.488. The number of hydrogen-bond donors (Lipinski definition) is 1. The molecule has 0 saturated carbocycles. The summed E-state index contributed by atoms with van der Waals surface area (Å²) in [5, 5.41) is 8.98. The van der Waals surface area contributed by atoms with Gasteiger partial charge in [0, 0.05) is 6.04 Å². The van der Waals surface area contributed by atoms with Gasteiger partial charge >= 0.3 is 0 Å². The van der Waals surface area contributed by atoms with E-state index < -0.39 is 10.0 Å². The molecule has 0 aliphatic carbocycles. The number of rotatable bonds is 7. The van der Waals surface area contributed by atoms with Crippen LogP contribution in [0, 0.1) is 17.2 Å². The zero-order chi connectivity index (χ0) is 15.2. The molecular weight excluding hydrogens is 272 g/mol. The summed E-state index contributed by atoms with van der Waals surface area (Å²) in [6.45, 7) is 6.16. The van der Waals surface area contributed by atoms with E-state index in [0.29, 0.717) is 5.92 Å². The van der Waals surface area contributed by atoms with Gasteiger partial charge in [0.25, 0.3) is 0 Å². The lowest BCUT2D eigenvalue weighted by Gasteiger charge is -2.15. The largest absolute Gasteiger partial charge is 0.242 e. The SMILES string of the molecule is CC(C)CCCC(C)NS(=O)(=O)c1ccccc1C#N. The van der Waals surface area contributed by atoms with E-state index in [0.717, 1.165) is 19.3 Å². The molecule has 5 heteroatoms.